The first kappa shape index (κ1) is 7.83. The van der Waals surface area contributed by atoms with Crippen LogP contribution in [-0.2, 0) is 11.3 Å². The third kappa shape index (κ3) is 1.08. The molecule has 2 heteroatoms. The lowest BCUT2D eigenvalue weighted by Crippen LogP contribution is -2.10. The highest BCUT2D eigenvalue weighted by molar-refractivity contribution is 5.87. The maximum atomic E-state index is 5.13. The lowest BCUT2D eigenvalue weighted by atomic mass is 10.0. The van der Waals surface area contributed by atoms with Gasteiger partial charge in [-0.2, -0.15) is 4.89 Å². The minimum atomic E-state index is 0.640. The molecule has 2 aromatic carbocycles. The summed E-state index contributed by atoms with van der Waals surface area (Å²) < 4.78 is 0. The van der Waals surface area contributed by atoms with Crippen molar-refractivity contribution in [2.45, 2.75) is 6.42 Å². The second kappa shape index (κ2) is 3.00. The first-order valence-corrected chi connectivity index (χ1v) is 4.75. The Hall–Kier alpha value is -1.54. The predicted octanol–water partition coefficient (Wildman–Crippen LogP) is 2.71. The maximum Gasteiger partial charge on any atom is 0.169 e. The van der Waals surface area contributed by atoms with Gasteiger partial charge in [0.05, 0.1) is 6.61 Å². The number of fused-ring (bicyclic) bond motifs is 3. The normalized spacial score (nSPS) is 14.9. The van der Waals surface area contributed by atoms with Gasteiger partial charge in [0.15, 0.2) is 5.75 Å². The van der Waals surface area contributed by atoms with E-state index in [9.17, 15) is 0 Å². The average molecular weight is 186 g/mol. The Labute approximate surface area is 82.0 Å². The van der Waals surface area contributed by atoms with Crippen molar-refractivity contribution in [3.05, 3.63) is 42.0 Å². The lowest BCUT2D eigenvalue weighted by molar-refractivity contribution is -0.214. The van der Waals surface area contributed by atoms with E-state index in [1.807, 2.05) is 6.07 Å². The van der Waals surface area contributed by atoms with Gasteiger partial charge in [0, 0.05) is 12.0 Å². The minimum absolute atomic E-state index is 0.640. The zero-order valence-electron chi connectivity index (χ0n) is 7.69. The van der Waals surface area contributed by atoms with Gasteiger partial charge in [0.2, 0.25) is 0 Å². The van der Waals surface area contributed by atoms with Crippen LogP contribution >= 0.6 is 0 Å². The number of rotatable bonds is 0. The Morgan fingerprint density at radius 1 is 1.00 bits per heavy atom. The number of hydrogen-bond acceptors (Lipinski definition) is 2. The Kier molecular flexibility index (Phi) is 1.67. The van der Waals surface area contributed by atoms with Crippen LogP contribution in [0.3, 0.4) is 0 Å². The molecule has 0 saturated heterocycles. The van der Waals surface area contributed by atoms with Crippen molar-refractivity contribution in [1.82, 2.24) is 0 Å². The van der Waals surface area contributed by atoms with Gasteiger partial charge in [-0.15, -0.1) is 0 Å². The van der Waals surface area contributed by atoms with E-state index in [4.69, 9.17) is 9.78 Å². The van der Waals surface area contributed by atoms with E-state index in [-0.39, 0.29) is 0 Å². The molecule has 0 amide bonds. The molecule has 0 bridgehead atoms. The standard InChI is InChI=1S/C12H10O2/c1-2-4-10-9(3-1)5-6-12-11(10)7-8-13-14-12/h1-6H,7-8H2. The van der Waals surface area contributed by atoms with Crippen LogP contribution in [-0.4, -0.2) is 6.61 Å². The molecule has 0 fully saturated rings. The van der Waals surface area contributed by atoms with Gasteiger partial charge in [0.1, 0.15) is 0 Å². The monoisotopic (exact) mass is 186 g/mol. The number of benzene rings is 2. The summed E-state index contributed by atoms with van der Waals surface area (Å²) >= 11 is 0. The summed E-state index contributed by atoms with van der Waals surface area (Å²) in [6, 6.07) is 12.4. The van der Waals surface area contributed by atoms with Crippen LogP contribution in [0.1, 0.15) is 5.56 Å². The van der Waals surface area contributed by atoms with Crippen LogP contribution in [0.15, 0.2) is 36.4 Å². The van der Waals surface area contributed by atoms with Gasteiger partial charge in [-0.3, -0.25) is 0 Å². The highest BCUT2D eigenvalue weighted by Crippen LogP contribution is 2.30. The molecule has 70 valence electrons. The molecule has 0 aliphatic carbocycles. The summed E-state index contributed by atoms with van der Waals surface area (Å²) in [6.07, 6.45) is 0.927. The van der Waals surface area contributed by atoms with Crippen LogP contribution in [0.4, 0.5) is 0 Å². The first-order valence-electron chi connectivity index (χ1n) is 4.75. The molecule has 0 atom stereocenters. The third-order valence-electron chi connectivity index (χ3n) is 2.58. The van der Waals surface area contributed by atoms with Crippen LogP contribution < -0.4 is 4.89 Å². The molecule has 0 unspecified atom stereocenters. The van der Waals surface area contributed by atoms with Crippen molar-refractivity contribution >= 4 is 10.8 Å². The molecule has 3 rings (SSSR count). The summed E-state index contributed by atoms with van der Waals surface area (Å²) in [4.78, 5) is 10.1. The van der Waals surface area contributed by atoms with Gasteiger partial charge in [-0.25, -0.2) is 0 Å². The fourth-order valence-corrected chi connectivity index (χ4v) is 1.90. The number of hydrogen-bond donors (Lipinski definition) is 0. The van der Waals surface area contributed by atoms with Gasteiger partial charge < -0.3 is 4.89 Å². The van der Waals surface area contributed by atoms with Crippen molar-refractivity contribution in [3.63, 3.8) is 0 Å². The first-order chi connectivity index (χ1) is 6.95. The van der Waals surface area contributed by atoms with Crippen molar-refractivity contribution in [2.75, 3.05) is 6.61 Å². The van der Waals surface area contributed by atoms with Crippen LogP contribution in [0.2, 0.25) is 0 Å². The smallest absolute Gasteiger partial charge is 0.169 e. The summed E-state index contributed by atoms with van der Waals surface area (Å²) in [7, 11) is 0. The molecule has 1 aliphatic rings. The van der Waals surface area contributed by atoms with Crippen LogP contribution in [0.5, 0.6) is 5.75 Å². The minimum Gasteiger partial charge on any atom is -0.337 e. The van der Waals surface area contributed by atoms with Crippen molar-refractivity contribution in [2.24, 2.45) is 0 Å². The fourth-order valence-electron chi connectivity index (χ4n) is 1.90. The van der Waals surface area contributed by atoms with Gasteiger partial charge in [-0.1, -0.05) is 30.3 Å². The largest absolute Gasteiger partial charge is 0.337 e. The fraction of sp³-hybridized carbons (Fsp3) is 0.167. The summed E-state index contributed by atoms with van der Waals surface area (Å²) in [5.74, 6) is 0.856. The van der Waals surface area contributed by atoms with Gasteiger partial charge in [0.25, 0.3) is 0 Å². The van der Waals surface area contributed by atoms with E-state index < -0.39 is 0 Å². The van der Waals surface area contributed by atoms with E-state index in [0.29, 0.717) is 6.61 Å². The van der Waals surface area contributed by atoms with E-state index in [0.717, 1.165) is 12.2 Å². The molecule has 2 aromatic rings. The SMILES string of the molecule is c1ccc2c3c(ccc2c1)OOCC3. The summed E-state index contributed by atoms with van der Waals surface area (Å²) in [5, 5.41) is 2.53. The molecule has 0 saturated carbocycles. The molecule has 1 heterocycles. The highest BCUT2D eigenvalue weighted by Gasteiger charge is 2.13. The third-order valence-corrected chi connectivity index (χ3v) is 2.58. The molecular weight excluding hydrogens is 176 g/mol. The molecule has 2 nitrogen and oxygen atoms in total. The van der Waals surface area contributed by atoms with Crippen LogP contribution in [0, 0.1) is 0 Å². The Bertz CT molecular complexity index is 477. The second-order valence-electron chi connectivity index (χ2n) is 3.42. The second-order valence-corrected chi connectivity index (χ2v) is 3.42. The van der Waals surface area contributed by atoms with E-state index in [1.165, 1.54) is 16.3 Å². The summed E-state index contributed by atoms with van der Waals surface area (Å²) in [6.45, 7) is 0.640. The molecule has 1 aliphatic heterocycles. The highest BCUT2D eigenvalue weighted by atomic mass is 17.2. The van der Waals surface area contributed by atoms with Crippen molar-refractivity contribution < 1.29 is 9.78 Å². The topological polar surface area (TPSA) is 18.5 Å². The zero-order valence-corrected chi connectivity index (χ0v) is 7.69. The molecule has 0 radical (unpaired) electrons. The maximum absolute atomic E-state index is 5.13. The molecule has 14 heavy (non-hydrogen) atoms. The van der Waals surface area contributed by atoms with Gasteiger partial charge >= 0.3 is 0 Å². The molecule has 0 spiro atoms. The Balaban J connectivity index is 2.34. The van der Waals surface area contributed by atoms with E-state index >= 15 is 0 Å². The lowest BCUT2D eigenvalue weighted by Gasteiger charge is -2.17. The van der Waals surface area contributed by atoms with Gasteiger partial charge in [-0.05, 0) is 16.8 Å². The van der Waals surface area contributed by atoms with E-state index in [2.05, 4.69) is 30.3 Å². The van der Waals surface area contributed by atoms with Crippen LogP contribution in [0.25, 0.3) is 10.8 Å². The molecule has 0 N–H and O–H groups in total. The molecular formula is C12H10O2. The van der Waals surface area contributed by atoms with Crippen molar-refractivity contribution in [1.29, 1.82) is 0 Å². The zero-order chi connectivity index (χ0) is 9.38. The average Bonchev–Trinajstić information content (AvgIpc) is 2.29. The summed E-state index contributed by atoms with van der Waals surface area (Å²) in [5.41, 5.74) is 1.26. The molecule has 0 aromatic heterocycles. The quantitative estimate of drug-likeness (QED) is 0.589. The predicted molar refractivity (Wildman–Crippen MR) is 54.2 cm³/mol. The Morgan fingerprint density at radius 3 is 2.93 bits per heavy atom. The van der Waals surface area contributed by atoms with Crippen molar-refractivity contribution in [3.8, 4) is 5.75 Å². The Morgan fingerprint density at radius 2 is 1.93 bits per heavy atom. The van der Waals surface area contributed by atoms with E-state index in [1.54, 1.807) is 0 Å².